The van der Waals surface area contributed by atoms with E-state index < -0.39 is 5.97 Å². The average molecular weight is 231 g/mol. The van der Waals surface area contributed by atoms with Crippen LogP contribution in [0, 0.1) is 11.8 Å². The number of rotatable bonds is 3. The van der Waals surface area contributed by atoms with Gasteiger partial charge >= 0.3 is 5.97 Å². The maximum absolute atomic E-state index is 11.1. The first-order valence-corrected chi connectivity index (χ1v) is 5.88. The number of aliphatic carboxylic acids is 1. The molecule has 0 aromatic carbocycles. The van der Waals surface area contributed by atoms with Crippen molar-refractivity contribution >= 4 is 17.6 Å². The monoisotopic (exact) mass is 230 g/mol. The molecule has 1 heterocycles. The summed E-state index contributed by atoms with van der Waals surface area (Å²) in [6.45, 7) is 0. The summed E-state index contributed by atoms with van der Waals surface area (Å²) < 4.78 is 5.49. The van der Waals surface area contributed by atoms with Crippen LogP contribution < -0.4 is 0 Å². The van der Waals surface area contributed by atoms with Gasteiger partial charge in [-0.2, -0.15) is 0 Å². The van der Waals surface area contributed by atoms with Gasteiger partial charge in [0.25, 0.3) is 0 Å². The van der Waals surface area contributed by atoms with Gasteiger partial charge in [0.2, 0.25) is 0 Å². The fourth-order valence-corrected chi connectivity index (χ4v) is 2.53. The lowest BCUT2D eigenvalue weighted by Gasteiger charge is -2.17. The number of ether oxygens (including phenoxy) is 1. The van der Waals surface area contributed by atoms with E-state index in [1.807, 2.05) is 12.2 Å². The third-order valence-electron chi connectivity index (χ3n) is 3.23. The van der Waals surface area contributed by atoms with Gasteiger partial charge in [0.15, 0.2) is 0 Å². The molecule has 3 nitrogen and oxygen atoms in total. The smallest absolute Gasteiger partial charge is 0.307 e. The third kappa shape index (κ3) is 2.34. The highest BCUT2D eigenvalue weighted by molar-refractivity contribution is 6.18. The number of allylic oxidation sites excluding steroid dienone is 1. The minimum absolute atomic E-state index is 0.00810. The van der Waals surface area contributed by atoms with Crippen molar-refractivity contribution in [3.05, 3.63) is 12.2 Å². The van der Waals surface area contributed by atoms with Gasteiger partial charge in [-0.25, -0.2) is 0 Å². The molecule has 4 heteroatoms. The Labute approximate surface area is 94.1 Å². The maximum Gasteiger partial charge on any atom is 0.307 e. The molecule has 1 aliphatic heterocycles. The quantitative estimate of drug-likeness (QED) is 0.459. The Balaban J connectivity index is 2.11. The average Bonchev–Trinajstić information content (AvgIpc) is 2.93. The van der Waals surface area contributed by atoms with E-state index in [9.17, 15) is 4.79 Å². The third-order valence-corrected chi connectivity index (χ3v) is 3.41. The number of hydrogen-bond donors (Lipinski definition) is 1. The van der Waals surface area contributed by atoms with Crippen LogP contribution in [0.3, 0.4) is 0 Å². The number of carboxylic acids is 1. The van der Waals surface area contributed by atoms with E-state index >= 15 is 0 Å². The Morgan fingerprint density at radius 2 is 2.33 bits per heavy atom. The van der Waals surface area contributed by atoms with Crippen molar-refractivity contribution in [1.29, 1.82) is 0 Å². The van der Waals surface area contributed by atoms with Gasteiger partial charge in [-0.15, -0.1) is 11.6 Å². The number of fused-ring (bicyclic) bond motifs is 1. The summed E-state index contributed by atoms with van der Waals surface area (Å²) in [7, 11) is 0. The largest absolute Gasteiger partial charge is 0.481 e. The molecular weight excluding hydrogens is 216 g/mol. The van der Waals surface area contributed by atoms with Crippen molar-refractivity contribution < 1.29 is 14.6 Å². The summed E-state index contributed by atoms with van der Waals surface area (Å²) in [5.41, 5.74) is 0. The summed E-state index contributed by atoms with van der Waals surface area (Å²) in [6, 6.07) is 0. The first-order valence-electron chi connectivity index (χ1n) is 5.35. The second-order valence-corrected chi connectivity index (χ2v) is 4.48. The zero-order valence-electron chi connectivity index (χ0n) is 8.43. The molecule has 0 radical (unpaired) electrons. The SMILES string of the molecule is O=C(O)C1CCCC2OC2C1C=CCCl. The molecule has 4 atom stereocenters. The van der Waals surface area contributed by atoms with E-state index in [1.165, 1.54) is 0 Å². The Kier molecular flexibility index (Phi) is 3.32. The summed E-state index contributed by atoms with van der Waals surface area (Å²) in [5.74, 6) is -0.577. The molecule has 15 heavy (non-hydrogen) atoms. The molecule has 84 valence electrons. The van der Waals surface area contributed by atoms with E-state index in [0.29, 0.717) is 12.0 Å². The Bertz CT molecular complexity index is 277. The maximum atomic E-state index is 11.1. The molecule has 2 fully saturated rings. The highest BCUT2D eigenvalue weighted by Crippen LogP contribution is 2.42. The van der Waals surface area contributed by atoms with Crippen LogP contribution in [0.1, 0.15) is 19.3 Å². The van der Waals surface area contributed by atoms with Gasteiger partial charge in [0.05, 0.1) is 18.1 Å². The fraction of sp³-hybridized carbons (Fsp3) is 0.727. The van der Waals surface area contributed by atoms with Crippen LogP contribution in [-0.4, -0.2) is 29.2 Å². The first-order chi connectivity index (χ1) is 7.24. The molecule has 1 aliphatic carbocycles. The zero-order chi connectivity index (χ0) is 10.8. The van der Waals surface area contributed by atoms with Gasteiger partial charge in [0.1, 0.15) is 0 Å². The lowest BCUT2D eigenvalue weighted by Crippen LogP contribution is -2.25. The van der Waals surface area contributed by atoms with Crippen LogP contribution in [0.4, 0.5) is 0 Å². The summed E-state index contributed by atoms with van der Waals surface area (Å²) >= 11 is 5.58. The van der Waals surface area contributed by atoms with Crippen LogP contribution in [-0.2, 0) is 9.53 Å². The molecule has 0 spiro atoms. The van der Waals surface area contributed by atoms with Gasteiger partial charge in [-0.3, -0.25) is 4.79 Å². The van der Waals surface area contributed by atoms with Crippen LogP contribution in [0.2, 0.25) is 0 Å². The van der Waals surface area contributed by atoms with Crippen molar-refractivity contribution in [1.82, 2.24) is 0 Å². The van der Waals surface area contributed by atoms with Crippen molar-refractivity contribution in [2.24, 2.45) is 11.8 Å². The van der Waals surface area contributed by atoms with Crippen LogP contribution in [0.25, 0.3) is 0 Å². The normalized spacial score (nSPS) is 39.8. The second-order valence-electron chi connectivity index (χ2n) is 4.17. The molecule has 1 N–H and O–H groups in total. The second kappa shape index (κ2) is 4.54. The molecule has 0 aromatic heterocycles. The molecule has 0 aromatic rings. The highest BCUT2D eigenvalue weighted by atomic mass is 35.5. The van der Waals surface area contributed by atoms with Crippen molar-refractivity contribution in [2.75, 3.05) is 5.88 Å². The van der Waals surface area contributed by atoms with Crippen LogP contribution in [0.15, 0.2) is 12.2 Å². The van der Waals surface area contributed by atoms with Crippen molar-refractivity contribution in [3.8, 4) is 0 Å². The summed E-state index contributed by atoms with van der Waals surface area (Å²) in [4.78, 5) is 11.1. The van der Waals surface area contributed by atoms with Crippen molar-refractivity contribution in [3.63, 3.8) is 0 Å². The van der Waals surface area contributed by atoms with E-state index in [0.717, 1.165) is 19.3 Å². The number of carboxylic acid groups (broad SMARTS) is 1. The number of carbonyl (C=O) groups is 1. The van der Waals surface area contributed by atoms with E-state index in [2.05, 4.69) is 0 Å². The number of alkyl halides is 1. The zero-order valence-corrected chi connectivity index (χ0v) is 9.19. The number of hydrogen-bond acceptors (Lipinski definition) is 2. The van der Waals surface area contributed by atoms with Gasteiger partial charge in [0, 0.05) is 11.8 Å². The summed E-state index contributed by atoms with van der Waals surface area (Å²) in [5, 5.41) is 9.15. The lowest BCUT2D eigenvalue weighted by molar-refractivity contribution is -0.143. The van der Waals surface area contributed by atoms with E-state index in [-0.39, 0.29) is 17.9 Å². The minimum atomic E-state index is -0.713. The molecule has 0 bridgehead atoms. The number of epoxide rings is 1. The highest BCUT2D eigenvalue weighted by Gasteiger charge is 2.49. The summed E-state index contributed by atoms with van der Waals surface area (Å²) in [6.07, 6.45) is 6.85. The Hall–Kier alpha value is -0.540. The van der Waals surface area contributed by atoms with Crippen LogP contribution >= 0.6 is 11.6 Å². The number of halogens is 1. The molecule has 0 amide bonds. The predicted molar refractivity (Wildman–Crippen MR) is 57.0 cm³/mol. The molecule has 1 saturated carbocycles. The Morgan fingerprint density at radius 3 is 3.00 bits per heavy atom. The van der Waals surface area contributed by atoms with E-state index in [4.69, 9.17) is 21.4 Å². The molecule has 4 unspecified atom stereocenters. The molecule has 2 rings (SSSR count). The van der Waals surface area contributed by atoms with Crippen LogP contribution in [0.5, 0.6) is 0 Å². The van der Waals surface area contributed by atoms with Gasteiger partial charge in [-0.1, -0.05) is 12.2 Å². The fourth-order valence-electron chi connectivity index (χ4n) is 2.43. The van der Waals surface area contributed by atoms with E-state index in [1.54, 1.807) is 0 Å². The molecular formula is C11H15ClO3. The first kappa shape index (κ1) is 11.0. The Morgan fingerprint density at radius 1 is 1.53 bits per heavy atom. The van der Waals surface area contributed by atoms with Crippen molar-refractivity contribution in [2.45, 2.75) is 31.5 Å². The minimum Gasteiger partial charge on any atom is -0.481 e. The molecule has 2 aliphatic rings. The predicted octanol–water partition coefficient (Wildman–Crippen LogP) is 2.05. The van der Waals surface area contributed by atoms with Gasteiger partial charge < -0.3 is 9.84 Å². The standard InChI is InChI=1S/C11H15ClO3/c12-6-2-4-7-8(11(13)14)3-1-5-9-10(7)15-9/h2,4,7-10H,1,3,5-6H2,(H,13,14). The molecule has 1 saturated heterocycles. The topological polar surface area (TPSA) is 49.8 Å². The van der Waals surface area contributed by atoms with Gasteiger partial charge in [-0.05, 0) is 19.3 Å². The lowest BCUT2D eigenvalue weighted by atomic mass is 9.87.